The molecule has 0 fully saturated rings. The van der Waals surface area contributed by atoms with E-state index < -0.39 is 24.2 Å². The van der Waals surface area contributed by atoms with Gasteiger partial charge >= 0.3 is 5.97 Å². The summed E-state index contributed by atoms with van der Waals surface area (Å²) in [6, 6.07) is 19.8. The highest BCUT2D eigenvalue weighted by atomic mass is 19.1. The number of ether oxygens (including phenoxy) is 1. The van der Waals surface area contributed by atoms with Crippen LogP contribution in [0.3, 0.4) is 0 Å². The molecule has 37 heavy (non-hydrogen) atoms. The zero-order valence-electron chi connectivity index (χ0n) is 21.7. The Bertz CT molecular complexity index is 1270. The lowest BCUT2D eigenvalue weighted by Crippen LogP contribution is -2.39. The Kier molecular flexibility index (Phi) is 7.96. The molecule has 0 bridgehead atoms. The average Bonchev–Trinajstić information content (AvgIpc) is 2.83. The number of nitrogens with zero attached hydrogens (tertiary/aromatic N) is 1. The van der Waals surface area contributed by atoms with E-state index in [9.17, 15) is 19.1 Å². The van der Waals surface area contributed by atoms with Gasteiger partial charge in [0.1, 0.15) is 23.7 Å². The van der Waals surface area contributed by atoms with Crippen LogP contribution in [0.15, 0.2) is 66.7 Å². The first-order valence-corrected chi connectivity index (χ1v) is 12.8. The van der Waals surface area contributed by atoms with Crippen LogP contribution in [0.25, 0.3) is 0 Å². The summed E-state index contributed by atoms with van der Waals surface area (Å²) in [6.07, 6.45) is 3.40. The third-order valence-corrected chi connectivity index (χ3v) is 6.71. The van der Waals surface area contributed by atoms with E-state index >= 15 is 0 Å². The third kappa shape index (κ3) is 6.97. The third-order valence-electron chi connectivity index (χ3n) is 6.71. The number of hydrogen-bond donors (Lipinski definition) is 1. The Labute approximate surface area is 217 Å². The van der Waals surface area contributed by atoms with Crippen LogP contribution in [0, 0.1) is 11.7 Å². The van der Waals surface area contributed by atoms with Gasteiger partial charge in [0.25, 0.3) is 5.91 Å². The Morgan fingerprint density at radius 2 is 1.76 bits per heavy atom. The van der Waals surface area contributed by atoms with Crippen LogP contribution >= 0.6 is 0 Å². The number of aryl methyl sites for hydroxylation is 1. The van der Waals surface area contributed by atoms with Gasteiger partial charge in [0.15, 0.2) is 0 Å². The number of hydrogen-bond acceptors (Lipinski definition) is 3. The van der Waals surface area contributed by atoms with Gasteiger partial charge in [0, 0.05) is 18.5 Å². The summed E-state index contributed by atoms with van der Waals surface area (Å²) >= 11 is 0. The monoisotopic (exact) mass is 503 g/mol. The Morgan fingerprint density at radius 1 is 1.03 bits per heavy atom. The molecule has 0 spiro atoms. The summed E-state index contributed by atoms with van der Waals surface area (Å²) in [5, 5.41) is 9.35. The summed E-state index contributed by atoms with van der Waals surface area (Å²) in [4.78, 5) is 25.9. The van der Waals surface area contributed by atoms with Gasteiger partial charge < -0.3 is 14.7 Å². The van der Waals surface area contributed by atoms with E-state index in [0.29, 0.717) is 17.0 Å². The molecule has 1 heterocycles. The molecule has 0 aliphatic carbocycles. The van der Waals surface area contributed by atoms with E-state index in [1.54, 1.807) is 30.3 Å². The number of rotatable bonds is 9. The molecular formula is C31H34FNO4. The standard InChI is InChI=1S/C31H34FNO4/c1-21(2)15-22-7-9-23(10-8-22)18-31(3)14-13-25-17-26(11-12-28(25)37-31)30(36)33(20-29(34)35)19-24-5-4-6-27(32)16-24/h4-12,16-17,21H,13-15,18-20H2,1-3H3,(H,34,35)/t31-/m0/s1. The first-order chi connectivity index (χ1) is 17.6. The number of benzene rings is 3. The van der Waals surface area contributed by atoms with Crippen molar-refractivity contribution < 1.29 is 23.8 Å². The smallest absolute Gasteiger partial charge is 0.323 e. The zero-order valence-corrected chi connectivity index (χ0v) is 21.7. The molecule has 4 rings (SSSR count). The Hall–Kier alpha value is -3.67. The number of carboxylic acids is 1. The maximum absolute atomic E-state index is 13.6. The fraction of sp³-hybridized carbons (Fsp3) is 0.355. The number of carbonyl (C=O) groups excluding carboxylic acids is 1. The van der Waals surface area contributed by atoms with E-state index in [0.717, 1.165) is 37.0 Å². The predicted octanol–water partition coefficient (Wildman–Crippen LogP) is 6.08. The molecule has 6 heteroatoms. The van der Waals surface area contributed by atoms with Crippen LogP contribution in [0.1, 0.15) is 59.8 Å². The van der Waals surface area contributed by atoms with Crippen LogP contribution in [-0.2, 0) is 30.6 Å². The second-order valence-corrected chi connectivity index (χ2v) is 10.7. The lowest BCUT2D eigenvalue weighted by atomic mass is 9.86. The van der Waals surface area contributed by atoms with Gasteiger partial charge in [-0.2, -0.15) is 0 Å². The lowest BCUT2D eigenvalue weighted by molar-refractivity contribution is -0.137. The maximum Gasteiger partial charge on any atom is 0.323 e. The molecule has 1 N–H and O–H groups in total. The molecule has 3 aromatic carbocycles. The summed E-state index contributed by atoms with van der Waals surface area (Å²) in [5.41, 5.74) is 4.06. The van der Waals surface area contributed by atoms with Crippen molar-refractivity contribution in [2.45, 2.75) is 58.6 Å². The second kappa shape index (κ2) is 11.2. The van der Waals surface area contributed by atoms with Crippen molar-refractivity contribution in [2.75, 3.05) is 6.54 Å². The van der Waals surface area contributed by atoms with Crippen molar-refractivity contribution in [2.24, 2.45) is 5.92 Å². The Morgan fingerprint density at radius 3 is 2.43 bits per heavy atom. The molecule has 1 aliphatic heterocycles. The molecule has 0 unspecified atom stereocenters. The molecule has 1 aliphatic rings. The van der Waals surface area contributed by atoms with Crippen LogP contribution in [0.2, 0.25) is 0 Å². The molecule has 194 valence electrons. The van der Waals surface area contributed by atoms with Crippen molar-refractivity contribution in [1.82, 2.24) is 4.90 Å². The highest BCUT2D eigenvalue weighted by Crippen LogP contribution is 2.36. The number of carboxylic acid groups (broad SMARTS) is 1. The molecular weight excluding hydrogens is 469 g/mol. The molecule has 0 aromatic heterocycles. The first-order valence-electron chi connectivity index (χ1n) is 12.8. The highest BCUT2D eigenvalue weighted by Gasteiger charge is 2.32. The van der Waals surface area contributed by atoms with Crippen molar-refractivity contribution in [1.29, 1.82) is 0 Å². The zero-order chi connectivity index (χ0) is 26.6. The molecule has 5 nitrogen and oxygen atoms in total. The predicted molar refractivity (Wildman–Crippen MR) is 141 cm³/mol. The number of fused-ring (bicyclic) bond motifs is 1. The number of carbonyl (C=O) groups is 2. The van der Waals surface area contributed by atoms with Gasteiger partial charge in [-0.25, -0.2) is 4.39 Å². The van der Waals surface area contributed by atoms with Gasteiger partial charge in [-0.05, 0) is 84.7 Å². The molecule has 0 saturated carbocycles. The van der Waals surface area contributed by atoms with Gasteiger partial charge in [0.2, 0.25) is 0 Å². The second-order valence-electron chi connectivity index (χ2n) is 10.7. The summed E-state index contributed by atoms with van der Waals surface area (Å²) in [7, 11) is 0. The summed E-state index contributed by atoms with van der Waals surface area (Å²) in [6.45, 7) is 6.08. The fourth-order valence-corrected chi connectivity index (χ4v) is 4.94. The SMILES string of the molecule is CC(C)Cc1ccc(C[C@]2(C)CCc3cc(C(=O)N(CC(=O)O)Cc4cccc(F)c4)ccc3O2)cc1. The van der Waals surface area contributed by atoms with Crippen molar-refractivity contribution in [3.8, 4) is 5.75 Å². The summed E-state index contributed by atoms with van der Waals surface area (Å²) in [5.74, 6) is -0.600. The number of aliphatic carboxylic acids is 1. The maximum atomic E-state index is 13.6. The molecule has 0 radical (unpaired) electrons. The molecule has 1 amide bonds. The van der Waals surface area contributed by atoms with E-state index in [2.05, 4.69) is 45.0 Å². The topological polar surface area (TPSA) is 66.8 Å². The van der Waals surface area contributed by atoms with Crippen molar-refractivity contribution in [3.05, 3.63) is 100 Å². The first kappa shape index (κ1) is 26.4. The minimum absolute atomic E-state index is 0.00447. The molecule has 1 atom stereocenters. The van der Waals surface area contributed by atoms with Crippen LogP contribution in [0.5, 0.6) is 5.75 Å². The highest BCUT2D eigenvalue weighted by molar-refractivity contribution is 5.96. The van der Waals surface area contributed by atoms with Gasteiger partial charge in [-0.3, -0.25) is 9.59 Å². The largest absolute Gasteiger partial charge is 0.487 e. The van der Waals surface area contributed by atoms with Crippen molar-refractivity contribution >= 4 is 11.9 Å². The molecule has 0 saturated heterocycles. The number of amides is 1. The minimum Gasteiger partial charge on any atom is -0.487 e. The van der Waals surface area contributed by atoms with Gasteiger partial charge in [-0.1, -0.05) is 50.2 Å². The normalized spacial score (nSPS) is 16.7. The van der Waals surface area contributed by atoms with Crippen molar-refractivity contribution in [3.63, 3.8) is 0 Å². The van der Waals surface area contributed by atoms with Crippen LogP contribution in [0.4, 0.5) is 4.39 Å². The quantitative estimate of drug-likeness (QED) is 0.384. The van der Waals surface area contributed by atoms with Gasteiger partial charge in [-0.15, -0.1) is 0 Å². The fourth-order valence-electron chi connectivity index (χ4n) is 4.94. The summed E-state index contributed by atoms with van der Waals surface area (Å²) < 4.78 is 20.0. The number of halogens is 1. The lowest BCUT2D eigenvalue weighted by Gasteiger charge is -2.36. The minimum atomic E-state index is -1.13. The van der Waals surface area contributed by atoms with E-state index in [4.69, 9.17) is 4.74 Å². The van der Waals surface area contributed by atoms with Crippen LogP contribution < -0.4 is 4.74 Å². The van der Waals surface area contributed by atoms with E-state index in [-0.39, 0.29) is 12.1 Å². The van der Waals surface area contributed by atoms with E-state index in [1.165, 1.54) is 28.2 Å². The Balaban J connectivity index is 1.47. The molecule has 3 aromatic rings. The average molecular weight is 504 g/mol. The van der Waals surface area contributed by atoms with Gasteiger partial charge in [0.05, 0.1) is 0 Å². The van der Waals surface area contributed by atoms with Crippen LogP contribution in [-0.4, -0.2) is 34.0 Å². The van der Waals surface area contributed by atoms with E-state index in [1.807, 2.05) is 0 Å².